The van der Waals surface area contributed by atoms with Crippen LogP contribution in [0.15, 0.2) is 261 Å². The number of fused-ring (bicyclic) bond motifs is 5. The molecule has 0 spiro atoms. The van der Waals surface area contributed by atoms with Crippen molar-refractivity contribution in [2.24, 2.45) is 0 Å². The lowest BCUT2D eigenvalue weighted by Gasteiger charge is -2.34. The fourth-order valence-corrected chi connectivity index (χ4v) is 11.4. The average Bonchev–Trinajstić information content (AvgIpc) is 3.91. The zero-order valence-electron chi connectivity index (χ0n) is 35.7. The molecule has 0 radical (unpaired) electrons. The van der Waals surface area contributed by atoms with E-state index in [1.165, 1.54) is 81.7 Å². The smallest absolute Gasteiger partial charge is 0.0728 e. The van der Waals surface area contributed by atoms with Crippen molar-refractivity contribution in [2.75, 3.05) is 4.90 Å². The SMILES string of the molecule is c1ccc(-c2ccc(N(c3ccc(-c4ccccc4)cc3)c3cccc(-c4cccc(-c5ccc6c(c5)C(c5ccccc5)(c5ccccc5)c5c-6sc6ccccc56)c4)c3)cc2)cc1. The second-order valence-corrected chi connectivity index (χ2v) is 17.9. The fraction of sp³-hybridized carbons (Fsp3) is 0.0159. The molecule has 1 aliphatic rings. The van der Waals surface area contributed by atoms with Gasteiger partial charge in [-0.05, 0) is 132 Å². The molecule has 0 unspecified atom stereocenters. The van der Waals surface area contributed by atoms with Crippen LogP contribution in [-0.4, -0.2) is 0 Å². The molecule has 0 amide bonds. The lowest BCUT2D eigenvalue weighted by Crippen LogP contribution is -2.28. The Morgan fingerprint density at radius 2 is 0.738 bits per heavy atom. The van der Waals surface area contributed by atoms with Crippen LogP contribution >= 0.6 is 11.3 Å². The van der Waals surface area contributed by atoms with Gasteiger partial charge >= 0.3 is 0 Å². The summed E-state index contributed by atoms with van der Waals surface area (Å²) in [6.45, 7) is 0. The molecule has 0 saturated carbocycles. The number of benzene rings is 10. The first kappa shape index (κ1) is 38.6. The molecule has 65 heavy (non-hydrogen) atoms. The molecule has 12 rings (SSSR count). The maximum atomic E-state index is 2.48. The first-order valence-electron chi connectivity index (χ1n) is 22.3. The molecule has 306 valence electrons. The number of hydrogen-bond acceptors (Lipinski definition) is 2. The average molecular weight is 846 g/mol. The van der Waals surface area contributed by atoms with Gasteiger partial charge in [-0.25, -0.2) is 0 Å². The van der Waals surface area contributed by atoms with E-state index in [-0.39, 0.29) is 0 Å². The second kappa shape index (κ2) is 16.3. The third kappa shape index (κ3) is 6.70. The number of anilines is 3. The molecule has 0 atom stereocenters. The Morgan fingerprint density at radius 1 is 0.308 bits per heavy atom. The minimum atomic E-state index is -0.475. The van der Waals surface area contributed by atoms with Gasteiger partial charge in [0, 0.05) is 26.6 Å². The molecule has 1 aliphatic carbocycles. The highest BCUT2D eigenvalue weighted by Gasteiger charge is 2.48. The van der Waals surface area contributed by atoms with Gasteiger partial charge in [0.15, 0.2) is 0 Å². The second-order valence-electron chi connectivity index (χ2n) is 16.8. The third-order valence-corrected chi connectivity index (χ3v) is 14.4. The summed E-state index contributed by atoms with van der Waals surface area (Å²) < 4.78 is 1.32. The number of thiophene rings is 1. The molecule has 0 bridgehead atoms. The Bertz CT molecular complexity index is 3320. The van der Waals surface area contributed by atoms with Crippen molar-refractivity contribution in [3.63, 3.8) is 0 Å². The Balaban J connectivity index is 0.961. The van der Waals surface area contributed by atoms with Crippen molar-refractivity contribution in [3.05, 3.63) is 283 Å². The normalized spacial score (nSPS) is 12.4. The first-order valence-corrected chi connectivity index (χ1v) is 23.1. The van der Waals surface area contributed by atoms with E-state index >= 15 is 0 Å². The molecule has 1 aromatic heterocycles. The van der Waals surface area contributed by atoms with Gasteiger partial charge in [-0.2, -0.15) is 0 Å². The van der Waals surface area contributed by atoms with Crippen LogP contribution in [0.1, 0.15) is 22.3 Å². The highest BCUT2D eigenvalue weighted by molar-refractivity contribution is 7.22. The number of hydrogen-bond donors (Lipinski definition) is 0. The molecule has 10 aromatic carbocycles. The highest BCUT2D eigenvalue weighted by Crippen LogP contribution is 2.61. The van der Waals surface area contributed by atoms with Crippen molar-refractivity contribution in [1.29, 1.82) is 0 Å². The lowest BCUT2D eigenvalue weighted by molar-refractivity contribution is 0.777. The zero-order valence-corrected chi connectivity index (χ0v) is 36.5. The van der Waals surface area contributed by atoms with Crippen molar-refractivity contribution >= 4 is 38.5 Å². The van der Waals surface area contributed by atoms with Crippen LogP contribution in [0, 0.1) is 0 Å². The van der Waals surface area contributed by atoms with E-state index in [4.69, 9.17) is 0 Å². The minimum absolute atomic E-state index is 0.475. The van der Waals surface area contributed by atoms with Gasteiger partial charge < -0.3 is 4.90 Å². The quantitative estimate of drug-likeness (QED) is 0.140. The predicted octanol–water partition coefficient (Wildman–Crippen LogP) is 17.4. The summed E-state index contributed by atoms with van der Waals surface area (Å²) >= 11 is 1.92. The molecule has 1 heterocycles. The van der Waals surface area contributed by atoms with E-state index in [2.05, 4.69) is 266 Å². The summed E-state index contributed by atoms with van der Waals surface area (Å²) in [5.41, 5.74) is 19.0. The topological polar surface area (TPSA) is 3.24 Å². The fourth-order valence-electron chi connectivity index (χ4n) is 10.1. The Labute approximate surface area is 384 Å². The maximum absolute atomic E-state index is 2.48. The predicted molar refractivity (Wildman–Crippen MR) is 276 cm³/mol. The van der Waals surface area contributed by atoms with Crippen LogP contribution in [0.3, 0.4) is 0 Å². The summed E-state index contributed by atoms with van der Waals surface area (Å²) in [5.74, 6) is 0. The van der Waals surface area contributed by atoms with E-state index in [1.807, 2.05) is 11.3 Å². The first-order chi connectivity index (χ1) is 32.2. The number of nitrogens with zero attached hydrogens (tertiary/aromatic N) is 1. The van der Waals surface area contributed by atoms with E-state index in [0.29, 0.717) is 0 Å². The number of rotatable bonds is 9. The van der Waals surface area contributed by atoms with E-state index in [9.17, 15) is 0 Å². The Hall–Kier alpha value is -8.04. The zero-order chi connectivity index (χ0) is 43.2. The van der Waals surface area contributed by atoms with Gasteiger partial charge in [-0.3, -0.25) is 0 Å². The van der Waals surface area contributed by atoms with Gasteiger partial charge in [0.1, 0.15) is 0 Å². The lowest BCUT2D eigenvalue weighted by atomic mass is 9.67. The molecular weight excluding hydrogens is 803 g/mol. The van der Waals surface area contributed by atoms with Gasteiger partial charge in [-0.1, -0.05) is 206 Å². The monoisotopic (exact) mass is 845 g/mol. The van der Waals surface area contributed by atoms with E-state index < -0.39 is 5.41 Å². The summed E-state index contributed by atoms with van der Waals surface area (Å²) in [4.78, 5) is 3.73. The van der Waals surface area contributed by atoms with Crippen LogP contribution < -0.4 is 4.90 Å². The van der Waals surface area contributed by atoms with Crippen LogP contribution in [0.2, 0.25) is 0 Å². The van der Waals surface area contributed by atoms with Crippen LogP contribution in [0.5, 0.6) is 0 Å². The van der Waals surface area contributed by atoms with E-state index in [0.717, 1.165) is 22.6 Å². The van der Waals surface area contributed by atoms with Crippen molar-refractivity contribution < 1.29 is 0 Å². The summed E-state index contributed by atoms with van der Waals surface area (Å²) in [6.07, 6.45) is 0. The molecule has 0 saturated heterocycles. The molecule has 0 fully saturated rings. The minimum Gasteiger partial charge on any atom is -0.310 e. The van der Waals surface area contributed by atoms with Gasteiger partial charge in [-0.15, -0.1) is 11.3 Å². The largest absolute Gasteiger partial charge is 0.310 e. The van der Waals surface area contributed by atoms with Crippen LogP contribution in [0.25, 0.3) is 65.0 Å². The van der Waals surface area contributed by atoms with Gasteiger partial charge in [0.2, 0.25) is 0 Å². The van der Waals surface area contributed by atoms with Crippen molar-refractivity contribution in [3.8, 4) is 54.9 Å². The third-order valence-electron chi connectivity index (χ3n) is 13.2. The van der Waals surface area contributed by atoms with Gasteiger partial charge in [0.25, 0.3) is 0 Å². The maximum Gasteiger partial charge on any atom is 0.0728 e. The molecule has 0 aliphatic heterocycles. The van der Waals surface area contributed by atoms with Crippen molar-refractivity contribution in [1.82, 2.24) is 0 Å². The standard InChI is InChI=1S/C63H43NS/c1-5-17-44(18-6-1)46-31-36-54(37-32-46)64(55-38-33-47(34-39-55)45-19-7-2-8-20-45)56-28-16-23-50(42-56)48-21-15-22-49(41-48)51-35-40-57-59(43-51)63(52-24-9-3-10-25-52,53-26-11-4-12-27-53)61-58-29-13-14-30-60(58)65-62(57)61/h1-43H. The van der Waals surface area contributed by atoms with Crippen molar-refractivity contribution in [2.45, 2.75) is 5.41 Å². The Kier molecular flexibility index (Phi) is 9.66. The molecular formula is C63H43NS. The van der Waals surface area contributed by atoms with Crippen LogP contribution in [-0.2, 0) is 5.41 Å². The summed E-state index contributed by atoms with van der Waals surface area (Å²) in [5, 5.41) is 1.33. The molecule has 1 nitrogen and oxygen atoms in total. The van der Waals surface area contributed by atoms with Crippen LogP contribution in [0.4, 0.5) is 17.1 Å². The van der Waals surface area contributed by atoms with Gasteiger partial charge in [0.05, 0.1) is 5.41 Å². The molecule has 2 heteroatoms. The highest BCUT2D eigenvalue weighted by atomic mass is 32.1. The summed E-state index contributed by atoms with van der Waals surface area (Å²) in [6, 6.07) is 95.5. The Morgan fingerprint density at radius 3 is 1.31 bits per heavy atom. The van der Waals surface area contributed by atoms with E-state index in [1.54, 1.807) is 0 Å². The molecule has 11 aromatic rings. The molecule has 0 N–H and O–H groups in total. The summed E-state index contributed by atoms with van der Waals surface area (Å²) in [7, 11) is 0.